The summed E-state index contributed by atoms with van der Waals surface area (Å²) in [6, 6.07) is 0. The van der Waals surface area contributed by atoms with E-state index in [1.807, 2.05) is 4.90 Å². The van der Waals surface area contributed by atoms with Crippen LogP contribution in [0.25, 0.3) is 0 Å². The smallest absolute Gasteiger partial charge is 0.305 e. The van der Waals surface area contributed by atoms with Crippen molar-refractivity contribution in [3.8, 4) is 0 Å². The molecule has 0 saturated carbocycles. The third-order valence-corrected chi connectivity index (χ3v) is 4.11. The van der Waals surface area contributed by atoms with Crippen LogP contribution in [0.5, 0.6) is 0 Å². The van der Waals surface area contributed by atoms with Crippen molar-refractivity contribution >= 4 is 11.9 Å². The highest BCUT2D eigenvalue weighted by Gasteiger charge is 2.29. The highest BCUT2D eigenvalue weighted by atomic mass is 16.5. The van der Waals surface area contributed by atoms with E-state index in [2.05, 4.69) is 5.32 Å². The monoisotopic (exact) mass is 284 g/mol. The molecule has 0 unspecified atom stereocenters. The van der Waals surface area contributed by atoms with Gasteiger partial charge in [-0.1, -0.05) is 0 Å². The van der Waals surface area contributed by atoms with Crippen molar-refractivity contribution in [2.45, 2.75) is 38.2 Å². The lowest BCUT2D eigenvalue weighted by Crippen LogP contribution is -2.46. The van der Waals surface area contributed by atoms with Crippen LogP contribution < -0.4 is 5.32 Å². The van der Waals surface area contributed by atoms with Crippen LogP contribution in [0.2, 0.25) is 0 Å². The van der Waals surface area contributed by atoms with E-state index in [9.17, 15) is 9.59 Å². The van der Waals surface area contributed by atoms with Gasteiger partial charge in [0.15, 0.2) is 0 Å². The van der Waals surface area contributed by atoms with Crippen molar-refractivity contribution in [2.75, 3.05) is 32.8 Å². The van der Waals surface area contributed by atoms with Crippen LogP contribution in [0.15, 0.2) is 0 Å². The van der Waals surface area contributed by atoms with Crippen molar-refractivity contribution in [2.24, 2.45) is 5.92 Å². The Morgan fingerprint density at radius 3 is 2.40 bits per heavy atom. The first-order chi connectivity index (χ1) is 9.66. The van der Waals surface area contributed by atoms with Gasteiger partial charge in [-0.2, -0.15) is 0 Å². The number of nitrogens with zero attached hydrogens (tertiary/aromatic N) is 1. The number of hydrogen-bond acceptors (Lipinski definition) is 4. The van der Waals surface area contributed by atoms with Crippen LogP contribution in [0.1, 0.15) is 32.1 Å². The lowest BCUT2D eigenvalue weighted by atomic mass is 9.95. The predicted molar refractivity (Wildman–Crippen MR) is 73.4 cm³/mol. The Kier molecular flexibility index (Phi) is 5.79. The Bertz CT molecular complexity index is 334. The maximum Gasteiger partial charge on any atom is 0.305 e. The van der Waals surface area contributed by atoms with Crippen molar-refractivity contribution < 1.29 is 19.4 Å². The molecular formula is C14H24N2O4. The predicted octanol–water partition coefficient (Wildman–Crippen LogP) is 0.468. The van der Waals surface area contributed by atoms with Gasteiger partial charge in [-0.3, -0.25) is 9.59 Å². The molecule has 0 atom stereocenters. The second-order valence-corrected chi connectivity index (χ2v) is 5.56. The Balaban J connectivity index is 1.68. The number of carboxylic acids is 1. The number of aliphatic carboxylic acids is 1. The Labute approximate surface area is 119 Å². The summed E-state index contributed by atoms with van der Waals surface area (Å²) in [5.74, 6) is -0.361. The van der Waals surface area contributed by atoms with Crippen molar-refractivity contribution in [3.63, 3.8) is 0 Å². The van der Waals surface area contributed by atoms with E-state index in [-0.39, 0.29) is 31.0 Å². The second kappa shape index (κ2) is 7.59. The zero-order chi connectivity index (χ0) is 14.4. The van der Waals surface area contributed by atoms with Crippen molar-refractivity contribution in [1.29, 1.82) is 0 Å². The van der Waals surface area contributed by atoms with Gasteiger partial charge in [-0.25, -0.2) is 0 Å². The number of carbonyl (C=O) groups excluding carboxylic acids is 1. The highest BCUT2D eigenvalue weighted by Crippen LogP contribution is 2.20. The molecule has 6 nitrogen and oxygen atoms in total. The zero-order valence-electron chi connectivity index (χ0n) is 11.8. The highest BCUT2D eigenvalue weighted by molar-refractivity contribution is 5.79. The Morgan fingerprint density at radius 2 is 1.80 bits per heavy atom. The number of piperidine rings is 2. The third-order valence-electron chi connectivity index (χ3n) is 4.11. The quantitative estimate of drug-likeness (QED) is 0.767. The van der Waals surface area contributed by atoms with Crippen LogP contribution >= 0.6 is 0 Å². The maximum atomic E-state index is 12.3. The van der Waals surface area contributed by atoms with E-state index in [0.717, 1.165) is 51.9 Å². The Hall–Kier alpha value is -1.14. The first kappa shape index (κ1) is 15.3. The molecule has 0 radical (unpaired) electrons. The van der Waals surface area contributed by atoms with Gasteiger partial charge < -0.3 is 20.1 Å². The number of carbonyl (C=O) groups is 2. The topological polar surface area (TPSA) is 78.9 Å². The molecule has 2 fully saturated rings. The molecule has 0 aliphatic carbocycles. The van der Waals surface area contributed by atoms with Crippen molar-refractivity contribution in [1.82, 2.24) is 10.2 Å². The number of rotatable bonds is 5. The number of ether oxygens (including phenoxy) is 1. The number of nitrogens with one attached hydrogen (secondary N) is 1. The van der Waals surface area contributed by atoms with Crippen molar-refractivity contribution in [3.05, 3.63) is 0 Å². The molecule has 0 aromatic carbocycles. The molecule has 2 aliphatic heterocycles. The summed E-state index contributed by atoms with van der Waals surface area (Å²) in [5.41, 5.74) is 0. The van der Waals surface area contributed by atoms with E-state index < -0.39 is 5.97 Å². The second-order valence-electron chi connectivity index (χ2n) is 5.56. The van der Waals surface area contributed by atoms with Gasteiger partial charge >= 0.3 is 5.97 Å². The molecule has 0 bridgehead atoms. The SMILES string of the molecule is O=C(O)CCOC1CCN(C(=O)C2CCNCC2)CC1. The standard InChI is InChI=1S/C14H24N2O4/c17-13(18)5-10-20-12-3-8-16(9-4-12)14(19)11-1-6-15-7-2-11/h11-12,15H,1-10H2,(H,17,18). The van der Waals surface area contributed by atoms with E-state index in [1.165, 1.54) is 0 Å². The molecule has 6 heteroatoms. The van der Waals surface area contributed by atoms with Crippen LogP contribution in [-0.2, 0) is 14.3 Å². The molecular weight excluding hydrogens is 260 g/mol. The summed E-state index contributed by atoms with van der Waals surface area (Å²) in [7, 11) is 0. The van der Waals surface area contributed by atoms with Gasteiger partial charge in [0.25, 0.3) is 0 Å². The summed E-state index contributed by atoms with van der Waals surface area (Å²) in [4.78, 5) is 24.7. The normalized spacial score (nSPS) is 21.9. The largest absolute Gasteiger partial charge is 0.481 e. The summed E-state index contributed by atoms with van der Waals surface area (Å²) in [6.07, 6.45) is 3.66. The summed E-state index contributed by atoms with van der Waals surface area (Å²) in [5, 5.41) is 11.8. The number of amides is 1. The average Bonchev–Trinajstić information content (AvgIpc) is 2.48. The maximum absolute atomic E-state index is 12.3. The summed E-state index contributed by atoms with van der Waals surface area (Å²) in [6.45, 7) is 3.61. The fourth-order valence-electron chi connectivity index (χ4n) is 2.88. The molecule has 2 heterocycles. The van der Waals surface area contributed by atoms with Gasteiger partial charge in [-0.05, 0) is 38.8 Å². The van der Waals surface area contributed by atoms with Gasteiger partial charge in [0.2, 0.25) is 5.91 Å². The lowest BCUT2D eigenvalue weighted by molar-refractivity contribution is -0.140. The van der Waals surface area contributed by atoms with Crippen LogP contribution in [0.4, 0.5) is 0 Å². The molecule has 20 heavy (non-hydrogen) atoms. The van der Waals surface area contributed by atoms with Gasteiger partial charge in [-0.15, -0.1) is 0 Å². The minimum Gasteiger partial charge on any atom is -0.481 e. The zero-order valence-corrected chi connectivity index (χ0v) is 11.8. The van der Waals surface area contributed by atoms with E-state index in [1.54, 1.807) is 0 Å². The lowest BCUT2D eigenvalue weighted by Gasteiger charge is -2.35. The third kappa shape index (κ3) is 4.45. The molecule has 114 valence electrons. The van der Waals surface area contributed by atoms with E-state index in [4.69, 9.17) is 9.84 Å². The first-order valence-electron chi connectivity index (χ1n) is 7.49. The molecule has 2 saturated heterocycles. The molecule has 1 amide bonds. The molecule has 2 N–H and O–H groups in total. The van der Waals surface area contributed by atoms with Crippen LogP contribution in [0, 0.1) is 5.92 Å². The number of hydrogen-bond donors (Lipinski definition) is 2. The van der Waals surface area contributed by atoms with Gasteiger partial charge in [0.1, 0.15) is 0 Å². The minimum absolute atomic E-state index is 0.0498. The summed E-state index contributed by atoms with van der Waals surface area (Å²) < 4.78 is 5.54. The molecule has 0 spiro atoms. The van der Waals surface area contributed by atoms with E-state index in [0.29, 0.717) is 0 Å². The number of carboxylic acid groups (broad SMARTS) is 1. The van der Waals surface area contributed by atoms with Gasteiger partial charge in [0, 0.05) is 19.0 Å². The van der Waals surface area contributed by atoms with Crippen LogP contribution in [0.3, 0.4) is 0 Å². The summed E-state index contributed by atoms with van der Waals surface area (Å²) >= 11 is 0. The van der Waals surface area contributed by atoms with Crippen LogP contribution in [-0.4, -0.2) is 60.8 Å². The number of likely N-dealkylation sites (tertiary alicyclic amines) is 1. The minimum atomic E-state index is -0.830. The molecule has 2 aliphatic rings. The van der Waals surface area contributed by atoms with Gasteiger partial charge in [0.05, 0.1) is 19.1 Å². The molecule has 0 aromatic heterocycles. The average molecular weight is 284 g/mol. The molecule has 2 rings (SSSR count). The molecule has 0 aromatic rings. The first-order valence-corrected chi connectivity index (χ1v) is 7.49. The van der Waals surface area contributed by atoms with E-state index >= 15 is 0 Å². The fraction of sp³-hybridized carbons (Fsp3) is 0.857. The Morgan fingerprint density at radius 1 is 1.15 bits per heavy atom. The fourth-order valence-corrected chi connectivity index (χ4v) is 2.88.